The first-order valence-corrected chi connectivity index (χ1v) is 8.99. The third-order valence-corrected chi connectivity index (χ3v) is 4.25. The van der Waals surface area contributed by atoms with Crippen molar-refractivity contribution < 1.29 is 19.4 Å². The highest BCUT2D eigenvalue weighted by molar-refractivity contribution is 8.45. The summed E-state index contributed by atoms with van der Waals surface area (Å²) >= 11 is 0. The molecule has 130 valence electrons. The van der Waals surface area contributed by atoms with Crippen LogP contribution < -0.4 is 0 Å². The highest BCUT2D eigenvalue weighted by Gasteiger charge is 2.62. The van der Waals surface area contributed by atoms with Crippen molar-refractivity contribution in [2.45, 2.75) is 32.7 Å². The molecule has 0 amide bonds. The zero-order valence-corrected chi connectivity index (χ0v) is 13.8. The van der Waals surface area contributed by atoms with Crippen molar-refractivity contribution >= 4 is 10.2 Å². The average Bonchev–Trinajstić information content (AvgIpc) is 2.82. The smallest absolute Gasteiger partial charge is 0.251 e. The first-order valence-electron chi connectivity index (χ1n) is 6.87. The van der Waals surface area contributed by atoms with Gasteiger partial charge in [-0.25, -0.2) is 0 Å². The molecule has 1 aromatic carbocycles. The van der Waals surface area contributed by atoms with Crippen molar-refractivity contribution in [3.05, 3.63) is 36.0 Å². The molecule has 0 saturated carbocycles. The second-order valence-corrected chi connectivity index (χ2v) is 9.19. The molecule has 0 N–H and O–H groups in total. The SMILES string of the molecule is CC(C)(C)c1ccc(-c2cn(CCS(F)(F)(F)(F)F)nn2)cc1. The molecule has 23 heavy (non-hydrogen) atoms. The van der Waals surface area contributed by atoms with Crippen LogP contribution in [0.25, 0.3) is 11.3 Å². The number of halogens is 5. The van der Waals surface area contributed by atoms with Crippen molar-refractivity contribution in [3.63, 3.8) is 0 Å². The van der Waals surface area contributed by atoms with Gasteiger partial charge < -0.3 is 0 Å². The largest absolute Gasteiger partial charge is 0.287 e. The predicted octanol–water partition coefficient (Wildman–Crippen LogP) is 5.54. The van der Waals surface area contributed by atoms with E-state index in [1.807, 2.05) is 12.1 Å². The summed E-state index contributed by atoms with van der Waals surface area (Å²) in [6, 6.07) is 7.34. The molecule has 9 heteroatoms. The van der Waals surface area contributed by atoms with Crippen LogP contribution in [0.1, 0.15) is 26.3 Å². The second-order valence-electron chi connectivity index (χ2n) is 6.53. The van der Waals surface area contributed by atoms with Gasteiger partial charge in [-0.15, -0.1) is 5.10 Å². The van der Waals surface area contributed by atoms with Gasteiger partial charge in [-0.2, -0.15) is 0 Å². The van der Waals surface area contributed by atoms with Gasteiger partial charge in [0.25, 0.3) is 10.2 Å². The third kappa shape index (κ3) is 5.49. The van der Waals surface area contributed by atoms with Crippen LogP contribution >= 0.6 is 10.2 Å². The van der Waals surface area contributed by atoms with E-state index in [9.17, 15) is 19.4 Å². The van der Waals surface area contributed by atoms with Crippen LogP contribution in [0.5, 0.6) is 0 Å². The van der Waals surface area contributed by atoms with E-state index in [1.54, 1.807) is 12.1 Å². The van der Waals surface area contributed by atoms with E-state index in [-0.39, 0.29) is 5.41 Å². The second kappa shape index (κ2) is 4.68. The number of benzene rings is 1. The summed E-state index contributed by atoms with van der Waals surface area (Å²) in [5.74, 6) is -2.19. The Morgan fingerprint density at radius 1 is 1.00 bits per heavy atom. The van der Waals surface area contributed by atoms with Gasteiger partial charge in [0, 0.05) is 5.56 Å². The fourth-order valence-electron chi connectivity index (χ4n) is 1.95. The number of nitrogens with zero attached hydrogens (tertiary/aromatic N) is 3. The van der Waals surface area contributed by atoms with E-state index in [0.29, 0.717) is 11.3 Å². The Bertz CT molecular complexity index is 699. The summed E-state index contributed by atoms with van der Waals surface area (Å²) in [6.07, 6.45) is 1.23. The lowest BCUT2D eigenvalue weighted by atomic mass is 9.86. The molecule has 3 nitrogen and oxygen atoms in total. The lowest BCUT2D eigenvalue weighted by Crippen LogP contribution is -2.16. The maximum atomic E-state index is 12.3. The van der Waals surface area contributed by atoms with E-state index >= 15 is 0 Å². The molecule has 0 aliphatic carbocycles. The minimum absolute atomic E-state index is 0.0301. The quantitative estimate of drug-likeness (QED) is 0.674. The van der Waals surface area contributed by atoms with E-state index in [2.05, 4.69) is 31.1 Å². The Labute approximate surface area is 131 Å². The third-order valence-electron chi connectivity index (χ3n) is 3.29. The molecule has 1 aromatic heterocycles. The topological polar surface area (TPSA) is 30.7 Å². The van der Waals surface area contributed by atoms with Gasteiger partial charge >= 0.3 is 0 Å². The fourth-order valence-corrected chi connectivity index (χ4v) is 2.48. The number of hydrogen-bond donors (Lipinski definition) is 0. The molecule has 0 aliphatic rings. The van der Waals surface area contributed by atoms with Crippen LogP contribution in [0.4, 0.5) is 19.4 Å². The molecular formula is C14H18F5N3S. The lowest BCUT2D eigenvalue weighted by Gasteiger charge is -2.40. The summed E-state index contributed by atoms with van der Waals surface area (Å²) in [5.41, 5.74) is 2.07. The molecule has 0 spiro atoms. The van der Waals surface area contributed by atoms with Crippen molar-refractivity contribution in [3.8, 4) is 11.3 Å². The Morgan fingerprint density at radius 2 is 1.57 bits per heavy atom. The predicted molar refractivity (Wildman–Crippen MR) is 82.2 cm³/mol. The monoisotopic (exact) mass is 355 g/mol. The van der Waals surface area contributed by atoms with Crippen LogP contribution in [0.2, 0.25) is 0 Å². The van der Waals surface area contributed by atoms with Crippen molar-refractivity contribution in [1.82, 2.24) is 15.0 Å². The number of hydrogen-bond acceptors (Lipinski definition) is 2. The van der Waals surface area contributed by atoms with Crippen LogP contribution in [-0.4, -0.2) is 20.7 Å². The molecule has 0 fully saturated rings. The van der Waals surface area contributed by atoms with Crippen molar-refractivity contribution in [1.29, 1.82) is 0 Å². The lowest BCUT2D eigenvalue weighted by molar-refractivity contribution is 0.357. The first kappa shape index (κ1) is 17.7. The zero-order chi connectivity index (χ0) is 17.6. The molecular weight excluding hydrogens is 337 g/mol. The summed E-state index contributed by atoms with van der Waals surface area (Å²) in [6.45, 7) is 5.21. The number of aromatic nitrogens is 3. The summed E-state index contributed by atoms with van der Waals surface area (Å²) in [7, 11) is -9.42. The Balaban J connectivity index is 2.14. The Kier molecular flexibility index (Phi) is 3.61. The molecule has 0 unspecified atom stereocenters. The van der Waals surface area contributed by atoms with E-state index in [1.165, 1.54) is 6.20 Å². The highest BCUT2D eigenvalue weighted by Crippen LogP contribution is 2.97. The fraction of sp³-hybridized carbons (Fsp3) is 0.429. The summed E-state index contributed by atoms with van der Waals surface area (Å²) in [4.78, 5) is 0. The van der Waals surface area contributed by atoms with Crippen LogP contribution in [-0.2, 0) is 12.0 Å². The van der Waals surface area contributed by atoms with Crippen molar-refractivity contribution in [2.24, 2.45) is 0 Å². The van der Waals surface area contributed by atoms with E-state index in [0.717, 1.165) is 10.2 Å². The van der Waals surface area contributed by atoms with Crippen molar-refractivity contribution in [2.75, 3.05) is 5.75 Å². The minimum atomic E-state index is -9.42. The first-order chi connectivity index (χ1) is 10.1. The van der Waals surface area contributed by atoms with Gasteiger partial charge in [0.2, 0.25) is 0 Å². The number of rotatable bonds is 4. The molecule has 2 rings (SSSR count). The Morgan fingerprint density at radius 3 is 2.04 bits per heavy atom. The molecule has 1 heterocycles. The maximum Gasteiger partial charge on any atom is 0.287 e. The van der Waals surface area contributed by atoms with E-state index in [4.69, 9.17) is 0 Å². The van der Waals surface area contributed by atoms with Gasteiger partial charge in [0.05, 0.1) is 12.7 Å². The van der Waals surface area contributed by atoms with Crippen LogP contribution in [0, 0.1) is 0 Å². The van der Waals surface area contributed by atoms with Gasteiger partial charge in [-0.3, -0.25) is 4.68 Å². The van der Waals surface area contributed by atoms with Gasteiger partial charge in [0.15, 0.2) is 0 Å². The van der Waals surface area contributed by atoms with Gasteiger partial charge in [-0.05, 0) is 11.0 Å². The van der Waals surface area contributed by atoms with Crippen LogP contribution in [0.3, 0.4) is 0 Å². The number of aryl methyl sites for hydroxylation is 1. The molecule has 2 aromatic rings. The van der Waals surface area contributed by atoms with E-state index < -0.39 is 22.5 Å². The molecule has 0 aliphatic heterocycles. The minimum Gasteiger partial charge on any atom is -0.251 e. The standard InChI is InChI=1S/C14H18F5N3S/c1-14(2,3)12-6-4-11(5-7-12)13-10-22(21-20-13)8-9-23(15,16,17,18)19/h4-7,10H,8-9H2,1-3H3. The van der Waals surface area contributed by atoms with Crippen LogP contribution in [0.15, 0.2) is 30.5 Å². The molecule has 0 bridgehead atoms. The highest BCUT2D eigenvalue weighted by atomic mass is 32.5. The Hall–Kier alpha value is -1.64. The normalized spacial score (nSPS) is 16.0. The molecule has 0 saturated heterocycles. The summed E-state index contributed by atoms with van der Waals surface area (Å²) in [5, 5.41) is 7.22. The maximum absolute atomic E-state index is 12.3. The zero-order valence-electron chi connectivity index (χ0n) is 12.9. The van der Waals surface area contributed by atoms with Gasteiger partial charge in [0.1, 0.15) is 11.4 Å². The van der Waals surface area contributed by atoms with Gasteiger partial charge in [-0.1, -0.05) is 69.7 Å². The molecule has 0 radical (unpaired) electrons. The average molecular weight is 355 g/mol. The summed E-state index contributed by atoms with van der Waals surface area (Å²) < 4.78 is 62.4. The molecule has 0 atom stereocenters.